The van der Waals surface area contributed by atoms with Crippen molar-refractivity contribution >= 4 is 34.3 Å². The predicted molar refractivity (Wildman–Crippen MR) is 115 cm³/mol. The number of nitrogens with zero attached hydrogens (tertiary/aromatic N) is 2. The number of rotatable bonds is 10. The maximum Gasteiger partial charge on any atom is 0.305 e. The summed E-state index contributed by atoms with van der Waals surface area (Å²) in [5.74, 6) is 1.39. The summed E-state index contributed by atoms with van der Waals surface area (Å²) in [5, 5.41) is 4.93. The molecule has 0 aliphatic carbocycles. The average molecular weight is 414 g/mol. The first kappa shape index (κ1) is 20.9. The van der Waals surface area contributed by atoms with E-state index in [9.17, 15) is 4.79 Å². The fourth-order valence-corrected chi connectivity index (χ4v) is 3.06. The molecule has 0 spiro atoms. The number of hydrogen-bond acceptors (Lipinski definition) is 6. The third-order valence-electron chi connectivity index (χ3n) is 4.33. The number of ether oxygens (including phenoxy) is 2. The van der Waals surface area contributed by atoms with Gasteiger partial charge in [0.05, 0.1) is 18.7 Å². The molecule has 6 nitrogen and oxygen atoms in total. The average Bonchev–Trinajstić information content (AvgIpc) is 2.73. The summed E-state index contributed by atoms with van der Waals surface area (Å²) in [6, 6.07) is 13.5. The Hall–Kier alpha value is -2.86. The standard InChI is InChI=1S/C22H24ClN3O3/c1-2-28-21(27)4-3-13-29-18-8-5-16(6-9-18)11-12-24-22-19-14-17(23)7-10-20(19)25-15-26-22/h5-10,14-15H,2-4,11-13H2,1H3,(H,24,25,26). The molecule has 0 saturated carbocycles. The van der Waals surface area contributed by atoms with E-state index < -0.39 is 0 Å². The van der Waals surface area contributed by atoms with Crippen molar-refractivity contribution in [1.29, 1.82) is 0 Å². The first-order chi connectivity index (χ1) is 14.2. The molecule has 2 aromatic carbocycles. The van der Waals surface area contributed by atoms with Crippen LogP contribution in [0.25, 0.3) is 10.9 Å². The lowest BCUT2D eigenvalue weighted by molar-refractivity contribution is -0.143. The molecule has 0 aliphatic heterocycles. The highest BCUT2D eigenvalue weighted by Gasteiger charge is 2.05. The molecule has 0 bridgehead atoms. The Morgan fingerprint density at radius 2 is 1.97 bits per heavy atom. The molecule has 0 fully saturated rings. The van der Waals surface area contributed by atoms with Crippen LogP contribution in [0.2, 0.25) is 5.02 Å². The van der Waals surface area contributed by atoms with Gasteiger partial charge >= 0.3 is 5.97 Å². The van der Waals surface area contributed by atoms with Gasteiger partial charge in [0.1, 0.15) is 17.9 Å². The summed E-state index contributed by atoms with van der Waals surface area (Å²) >= 11 is 6.09. The van der Waals surface area contributed by atoms with Crippen molar-refractivity contribution in [1.82, 2.24) is 9.97 Å². The van der Waals surface area contributed by atoms with Crippen molar-refractivity contribution in [2.45, 2.75) is 26.2 Å². The summed E-state index contributed by atoms with van der Waals surface area (Å²) in [5.41, 5.74) is 2.05. The van der Waals surface area contributed by atoms with Crippen LogP contribution in [0.15, 0.2) is 48.8 Å². The van der Waals surface area contributed by atoms with Gasteiger partial charge in [-0.05, 0) is 55.7 Å². The Morgan fingerprint density at radius 3 is 2.76 bits per heavy atom. The molecule has 152 valence electrons. The van der Waals surface area contributed by atoms with Crippen LogP contribution >= 0.6 is 11.6 Å². The van der Waals surface area contributed by atoms with Crippen molar-refractivity contribution in [3.05, 3.63) is 59.4 Å². The number of nitrogens with one attached hydrogen (secondary N) is 1. The Bertz CT molecular complexity index is 948. The van der Waals surface area contributed by atoms with Crippen LogP contribution < -0.4 is 10.1 Å². The largest absolute Gasteiger partial charge is 0.494 e. The van der Waals surface area contributed by atoms with E-state index in [-0.39, 0.29) is 5.97 Å². The molecule has 29 heavy (non-hydrogen) atoms. The minimum Gasteiger partial charge on any atom is -0.494 e. The fourth-order valence-electron chi connectivity index (χ4n) is 2.89. The number of esters is 1. The topological polar surface area (TPSA) is 73.3 Å². The normalized spacial score (nSPS) is 10.7. The van der Waals surface area contributed by atoms with Gasteiger partial charge in [0.2, 0.25) is 0 Å². The third-order valence-corrected chi connectivity index (χ3v) is 4.56. The summed E-state index contributed by atoms with van der Waals surface area (Å²) in [6.07, 6.45) is 3.41. The lowest BCUT2D eigenvalue weighted by Crippen LogP contribution is -2.07. The second kappa shape index (κ2) is 10.6. The second-order valence-electron chi connectivity index (χ2n) is 6.46. The van der Waals surface area contributed by atoms with Crippen LogP contribution in [0, 0.1) is 0 Å². The van der Waals surface area contributed by atoms with E-state index in [0.717, 1.165) is 35.4 Å². The lowest BCUT2D eigenvalue weighted by Gasteiger charge is -2.10. The van der Waals surface area contributed by atoms with Crippen molar-refractivity contribution in [3.63, 3.8) is 0 Å². The molecule has 3 aromatic rings. The molecule has 0 aliphatic rings. The van der Waals surface area contributed by atoms with Gasteiger partial charge < -0.3 is 14.8 Å². The van der Waals surface area contributed by atoms with Crippen LogP contribution in [-0.2, 0) is 16.0 Å². The van der Waals surface area contributed by atoms with E-state index >= 15 is 0 Å². The highest BCUT2D eigenvalue weighted by molar-refractivity contribution is 6.31. The summed E-state index contributed by atoms with van der Waals surface area (Å²) < 4.78 is 10.6. The van der Waals surface area contributed by atoms with Crippen LogP contribution in [-0.4, -0.2) is 35.7 Å². The van der Waals surface area contributed by atoms with Crippen molar-refractivity contribution in [2.24, 2.45) is 0 Å². The second-order valence-corrected chi connectivity index (χ2v) is 6.90. The van der Waals surface area contributed by atoms with E-state index in [1.807, 2.05) is 42.5 Å². The van der Waals surface area contributed by atoms with Gasteiger partial charge in [-0.25, -0.2) is 9.97 Å². The van der Waals surface area contributed by atoms with Crippen LogP contribution in [0.3, 0.4) is 0 Å². The van der Waals surface area contributed by atoms with E-state index in [1.165, 1.54) is 5.56 Å². The highest BCUT2D eigenvalue weighted by Crippen LogP contribution is 2.23. The number of benzene rings is 2. The predicted octanol–water partition coefficient (Wildman–Crippen LogP) is 4.66. The van der Waals surface area contributed by atoms with Gasteiger partial charge in [-0.3, -0.25) is 4.79 Å². The Kier molecular flexibility index (Phi) is 7.64. The number of halogens is 1. The number of anilines is 1. The van der Waals surface area contributed by atoms with Gasteiger partial charge in [0, 0.05) is 23.4 Å². The summed E-state index contributed by atoms with van der Waals surface area (Å²) in [6.45, 7) is 3.44. The molecule has 3 rings (SSSR count). The van der Waals surface area contributed by atoms with Crippen LogP contribution in [0.1, 0.15) is 25.3 Å². The number of fused-ring (bicyclic) bond motifs is 1. The van der Waals surface area contributed by atoms with Gasteiger partial charge in [-0.15, -0.1) is 0 Å². The van der Waals surface area contributed by atoms with Crippen molar-refractivity contribution < 1.29 is 14.3 Å². The van der Waals surface area contributed by atoms with E-state index in [1.54, 1.807) is 13.3 Å². The molecule has 0 radical (unpaired) electrons. The smallest absolute Gasteiger partial charge is 0.305 e. The van der Waals surface area contributed by atoms with Gasteiger partial charge in [0.25, 0.3) is 0 Å². The Labute approximate surface area is 175 Å². The highest BCUT2D eigenvalue weighted by atomic mass is 35.5. The molecule has 0 saturated heterocycles. The molecule has 0 atom stereocenters. The number of carbonyl (C=O) groups is 1. The van der Waals surface area contributed by atoms with Gasteiger partial charge in [-0.2, -0.15) is 0 Å². The van der Waals surface area contributed by atoms with Gasteiger partial charge in [-0.1, -0.05) is 23.7 Å². The quantitative estimate of drug-likeness (QED) is 0.385. The Morgan fingerprint density at radius 1 is 1.14 bits per heavy atom. The zero-order valence-electron chi connectivity index (χ0n) is 16.4. The van der Waals surface area contributed by atoms with Gasteiger partial charge in [0.15, 0.2) is 0 Å². The molecule has 1 N–H and O–H groups in total. The minimum atomic E-state index is -0.183. The third kappa shape index (κ3) is 6.32. The molecular weight excluding hydrogens is 390 g/mol. The number of hydrogen-bond donors (Lipinski definition) is 1. The zero-order chi connectivity index (χ0) is 20.5. The number of carbonyl (C=O) groups excluding carboxylic acids is 1. The van der Waals surface area contributed by atoms with E-state index in [4.69, 9.17) is 21.1 Å². The summed E-state index contributed by atoms with van der Waals surface area (Å²) in [7, 11) is 0. The SMILES string of the molecule is CCOC(=O)CCCOc1ccc(CCNc2ncnc3ccc(Cl)cc23)cc1. The number of aromatic nitrogens is 2. The molecule has 0 unspecified atom stereocenters. The molecular formula is C22H24ClN3O3. The molecule has 1 aromatic heterocycles. The van der Waals surface area contributed by atoms with Crippen molar-refractivity contribution in [2.75, 3.05) is 25.1 Å². The molecule has 0 amide bonds. The maximum absolute atomic E-state index is 11.3. The lowest BCUT2D eigenvalue weighted by atomic mass is 10.1. The fraction of sp³-hybridized carbons (Fsp3) is 0.318. The molecule has 1 heterocycles. The van der Waals surface area contributed by atoms with Crippen LogP contribution in [0.5, 0.6) is 5.75 Å². The van der Waals surface area contributed by atoms with Crippen molar-refractivity contribution in [3.8, 4) is 5.75 Å². The first-order valence-corrected chi connectivity index (χ1v) is 10.0. The Balaban J connectivity index is 1.45. The maximum atomic E-state index is 11.3. The van der Waals surface area contributed by atoms with E-state index in [0.29, 0.717) is 31.1 Å². The minimum absolute atomic E-state index is 0.183. The van der Waals surface area contributed by atoms with E-state index in [2.05, 4.69) is 15.3 Å². The monoisotopic (exact) mass is 413 g/mol. The zero-order valence-corrected chi connectivity index (χ0v) is 17.1. The molecule has 7 heteroatoms. The first-order valence-electron chi connectivity index (χ1n) is 9.67. The summed E-state index contributed by atoms with van der Waals surface area (Å²) in [4.78, 5) is 19.9. The van der Waals surface area contributed by atoms with Crippen LogP contribution in [0.4, 0.5) is 5.82 Å².